The normalized spacial score (nSPS) is 10.7. The summed E-state index contributed by atoms with van der Waals surface area (Å²) in [6, 6.07) is 0.786. The third-order valence-electron chi connectivity index (χ3n) is 5.85. The fourth-order valence-corrected chi connectivity index (χ4v) is 3.51. The van der Waals surface area contributed by atoms with E-state index in [1.54, 1.807) is 23.2 Å². The molecule has 4 rings (SSSR count). The SMILES string of the molecule is CC(C)n1nnc(CCO)n1.CC(C)n1nnnc1CCO.CCOC(=O)Cc1nnn(C(C)C)n1.CCOC(=O)Cc1nnnn1C(C)C. The van der Waals surface area contributed by atoms with E-state index < -0.39 is 0 Å². The highest BCUT2D eigenvalue weighted by atomic mass is 16.5. The molecule has 0 atom stereocenters. The van der Waals surface area contributed by atoms with Crippen LogP contribution in [0.1, 0.15) is 117 Å². The first-order chi connectivity index (χ1) is 23.8. The third kappa shape index (κ3) is 16.0. The first kappa shape index (κ1) is 43.2. The molecule has 4 heterocycles. The number of carbonyl (C=O) groups is 2. The molecule has 22 heteroatoms. The fraction of sp³-hybridized carbons (Fsp3) is 0.786. The van der Waals surface area contributed by atoms with Gasteiger partial charge in [0, 0.05) is 12.8 Å². The second-order valence-electron chi connectivity index (χ2n) is 11.4. The van der Waals surface area contributed by atoms with E-state index in [0.29, 0.717) is 43.5 Å². The molecule has 0 fully saturated rings. The van der Waals surface area contributed by atoms with Crippen molar-refractivity contribution in [3.8, 4) is 0 Å². The molecule has 0 aliphatic rings. The number of carbonyl (C=O) groups excluding carboxylic acids is 2. The molecule has 0 radical (unpaired) electrons. The lowest BCUT2D eigenvalue weighted by Crippen LogP contribution is -2.14. The molecule has 4 aromatic rings. The van der Waals surface area contributed by atoms with E-state index in [0.717, 1.165) is 5.82 Å². The van der Waals surface area contributed by atoms with E-state index in [4.69, 9.17) is 19.7 Å². The molecule has 4 aromatic heterocycles. The predicted octanol–water partition coefficient (Wildman–Crippen LogP) is 0.297. The van der Waals surface area contributed by atoms with Crippen molar-refractivity contribution in [3.63, 3.8) is 0 Å². The number of esters is 2. The van der Waals surface area contributed by atoms with Gasteiger partial charge in [-0.1, -0.05) is 0 Å². The van der Waals surface area contributed by atoms with Crippen LogP contribution in [0.2, 0.25) is 0 Å². The minimum absolute atomic E-state index is 0.0732. The lowest BCUT2D eigenvalue weighted by atomic mass is 10.3. The first-order valence-corrected chi connectivity index (χ1v) is 16.4. The van der Waals surface area contributed by atoms with Crippen LogP contribution in [0, 0.1) is 0 Å². The van der Waals surface area contributed by atoms with Gasteiger partial charge in [-0.15, -0.1) is 30.6 Å². The third-order valence-corrected chi connectivity index (χ3v) is 5.85. The molecule has 0 spiro atoms. The zero-order valence-electron chi connectivity index (χ0n) is 30.6. The van der Waals surface area contributed by atoms with Gasteiger partial charge in [0.25, 0.3) is 0 Å². The average molecular weight is 709 g/mol. The fourth-order valence-electron chi connectivity index (χ4n) is 3.51. The highest BCUT2D eigenvalue weighted by Crippen LogP contribution is 2.05. The Kier molecular flexibility index (Phi) is 20.3. The second-order valence-corrected chi connectivity index (χ2v) is 11.4. The lowest BCUT2D eigenvalue weighted by Gasteiger charge is -2.06. The summed E-state index contributed by atoms with van der Waals surface area (Å²) < 4.78 is 12.9. The van der Waals surface area contributed by atoms with Crippen molar-refractivity contribution >= 4 is 11.9 Å². The maximum absolute atomic E-state index is 11.2. The topological polar surface area (TPSA) is 267 Å². The largest absolute Gasteiger partial charge is 0.466 e. The molecule has 0 bridgehead atoms. The Morgan fingerprint density at radius 3 is 1.46 bits per heavy atom. The van der Waals surface area contributed by atoms with E-state index in [9.17, 15) is 9.59 Å². The number of aromatic nitrogens is 16. The van der Waals surface area contributed by atoms with Gasteiger partial charge in [-0.05, 0) is 101 Å². The van der Waals surface area contributed by atoms with Crippen LogP contribution < -0.4 is 0 Å². The summed E-state index contributed by atoms with van der Waals surface area (Å²) in [7, 11) is 0. The van der Waals surface area contributed by atoms with Crippen molar-refractivity contribution in [2.24, 2.45) is 0 Å². The van der Waals surface area contributed by atoms with Crippen LogP contribution in [0.15, 0.2) is 0 Å². The van der Waals surface area contributed by atoms with Crippen molar-refractivity contribution < 1.29 is 29.3 Å². The second kappa shape index (κ2) is 23.5. The number of rotatable bonds is 14. The van der Waals surface area contributed by atoms with E-state index in [-0.39, 0.29) is 62.2 Å². The van der Waals surface area contributed by atoms with Crippen molar-refractivity contribution in [3.05, 3.63) is 23.3 Å². The van der Waals surface area contributed by atoms with E-state index in [2.05, 4.69) is 61.9 Å². The van der Waals surface area contributed by atoms with Gasteiger partial charge in [0.1, 0.15) is 12.8 Å². The number of nitrogens with zero attached hydrogens (tertiary/aromatic N) is 16. The summed E-state index contributed by atoms with van der Waals surface area (Å²) >= 11 is 0. The highest BCUT2D eigenvalue weighted by molar-refractivity contribution is 5.71. The molecule has 0 unspecified atom stereocenters. The van der Waals surface area contributed by atoms with Gasteiger partial charge in [0.2, 0.25) is 0 Å². The minimum atomic E-state index is -0.323. The summed E-state index contributed by atoms with van der Waals surface area (Å²) in [5.41, 5.74) is 0. The van der Waals surface area contributed by atoms with Crippen molar-refractivity contribution in [1.29, 1.82) is 0 Å². The Hall–Kier alpha value is -4.86. The van der Waals surface area contributed by atoms with Crippen LogP contribution in [-0.2, 0) is 44.7 Å². The zero-order chi connectivity index (χ0) is 37.6. The molecule has 0 aliphatic carbocycles. The van der Waals surface area contributed by atoms with Crippen LogP contribution in [0.25, 0.3) is 0 Å². The number of ether oxygens (including phenoxy) is 2. The molecular weight excluding hydrogens is 656 g/mol. The Balaban J connectivity index is 0.000000335. The van der Waals surface area contributed by atoms with Crippen molar-refractivity contribution in [2.45, 2.75) is 119 Å². The highest BCUT2D eigenvalue weighted by Gasteiger charge is 2.14. The first-order valence-electron chi connectivity index (χ1n) is 16.4. The maximum atomic E-state index is 11.2. The molecule has 0 amide bonds. The zero-order valence-corrected chi connectivity index (χ0v) is 30.6. The van der Waals surface area contributed by atoms with Gasteiger partial charge in [-0.25, -0.2) is 9.36 Å². The van der Waals surface area contributed by atoms with Crippen LogP contribution >= 0.6 is 0 Å². The van der Waals surface area contributed by atoms with Crippen LogP contribution in [0.4, 0.5) is 0 Å². The van der Waals surface area contributed by atoms with Crippen molar-refractivity contribution in [2.75, 3.05) is 26.4 Å². The molecule has 0 saturated carbocycles. The summed E-state index contributed by atoms with van der Waals surface area (Å²) in [5, 5.41) is 62.4. The number of aliphatic hydroxyl groups excluding tert-OH is 2. The van der Waals surface area contributed by atoms with Gasteiger partial charge in [-0.2, -0.15) is 9.59 Å². The summed E-state index contributed by atoms with van der Waals surface area (Å²) in [4.78, 5) is 25.2. The number of hydrogen-bond donors (Lipinski definition) is 2. The molecule has 0 saturated heterocycles. The molecule has 22 nitrogen and oxygen atoms in total. The molecule has 0 aromatic carbocycles. The molecule has 2 N–H and O–H groups in total. The molecule has 50 heavy (non-hydrogen) atoms. The van der Waals surface area contributed by atoms with E-state index in [1.807, 2.05) is 55.4 Å². The van der Waals surface area contributed by atoms with Gasteiger partial charge < -0.3 is 19.7 Å². The van der Waals surface area contributed by atoms with E-state index >= 15 is 0 Å². The monoisotopic (exact) mass is 708 g/mol. The van der Waals surface area contributed by atoms with E-state index in [1.165, 1.54) is 9.59 Å². The Morgan fingerprint density at radius 2 is 1.02 bits per heavy atom. The average Bonchev–Trinajstić information content (AvgIpc) is 3.87. The summed E-state index contributed by atoms with van der Waals surface area (Å²) in [6.07, 6.45) is 1.21. The van der Waals surface area contributed by atoms with Crippen LogP contribution in [-0.4, -0.2) is 129 Å². The summed E-state index contributed by atoms with van der Waals surface area (Å²) in [5.74, 6) is 1.65. The maximum Gasteiger partial charge on any atom is 0.313 e. The predicted molar refractivity (Wildman–Crippen MR) is 175 cm³/mol. The Morgan fingerprint density at radius 1 is 0.580 bits per heavy atom. The quantitative estimate of drug-likeness (QED) is 0.167. The van der Waals surface area contributed by atoms with Crippen molar-refractivity contribution in [1.82, 2.24) is 80.8 Å². The molecule has 280 valence electrons. The number of hydrogen-bond acceptors (Lipinski definition) is 18. The lowest BCUT2D eigenvalue weighted by molar-refractivity contribution is -0.143. The smallest absolute Gasteiger partial charge is 0.313 e. The van der Waals surface area contributed by atoms with Gasteiger partial charge in [0.15, 0.2) is 23.3 Å². The Bertz CT molecular complexity index is 1500. The summed E-state index contributed by atoms with van der Waals surface area (Å²) in [6.45, 7) is 20.2. The van der Waals surface area contributed by atoms with Gasteiger partial charge >= 0.3 is 11.9 Å². The Labute approximate surface area is 290 Å². The van der Waals surface area contributed by atoms with Crippen LogP contribution in [0.5, 0.6) is 0 Å². The van der Waals surface area contributed by atoms with Gasteiger partial charge in [-0.3, -0.25) is 9.59 Å². The molecule has 0 aliphatic heterocycles. The van der Waals surface area contributed by atoms with Gasteiger partial charge in [0.05, 0.1) is 50.6 Å². The minimum Gasteiger partial charge on any atom is -0.466 e. The standard InChI is InChI=1S/2C8H14N4O2.2C6H12N4O/c1-4-14-8(13)5-7-9-10-11-12(7)6(2)3;1-4-14-8(13)5-7-9-11-12(10-7)6(2)3;1-5(2)10-6(3-4-11)7-8-9-10;1-5(2)10-8-6(3-4-11)7-9-10/h2*6H,4-5H2,1-3H3;2*5,11H,3-4H2,1-2H3. The number of tetrazole rings is 4. The molecular formula is C28H52N16O6. The number of aliphatic hydroxyl groups is 2. The van der Waals surface area contributed by atoms with Crippen LogP contribution in [0.3, 0.4) is 0 Å².